The van der Waals surface area contributed by atoms with Gasteiger partial charge in [0.15, 0.2) is 0 Å². The first-order valence-corrected chi connectivity index (χ1v) is 5.18. The largest absolute Gasteiger partial charge is 0.325 e. The molecule has 15 heavy (non-hydrogen) atoms. The molecule has 1 nitrogen and oxygen atoms in total. The molecule has 0 aliphatic carbocycles. The Bertz CT molecular complexity index is 483. The van der Waals surface area contributed by atoms with E-state index in [0.717, 1.165) is 0 Å². The molecule has 0 saturated heterocycles. The van der Waals surface area contributed by atoms with Crippen LogP contribution in [0.1, 0.15) is 12.5 Å². The molecule has 2 aromatic carbocycles. The number of nitrogens with two attached hydrogens (primary N) is 1. The zero-order valence-corrected chi connectivity index (χ0v) is 8.85. The highest BCUT2D eigenvalue weighted by molar-refractivity contribution is 5.84. The lowest BCUT2D eigenvalue weighted by molar-refractivity contribution is 0.931. The Labute approximate surface area is 90.2 Å². The number of benzene rings is 2. The molecule has 0 aromatic heterocycles. The first-order valence-electron chi connectivity index (χ1n) is 5.18. The summed E-state index contributed by atoms with van der Waals surface area (Å²) in [6, 6.07) is 14.9. The zero-order valence-electron chi connectivity index (χ0n) is 8.85. The quantitative estimate of drug-likeness (QED) is 0.786. The summed E-state index contributed by atoms with van der Waals surface area (Å²) in [7, 11) is 0. The first-order chi connectivity index (χ1) is 7.25. The predicted molar refractivity (Wildman–Crippen MR) is 66.6 cm³/mol. The predicted octanol–water partition coefficient (Wildman–Crippen LogP) is 3.20. The summed E-state index contributed by atoms with van der Waals surface area (Å²) in [4.78, 5) is 0. The van der Waals surface area contributed by atoms with Gasteiger partial charge in [-0.3, -0.25) is 0 Å². The van der Waals surface area contributed by atoms with Gasteiger partial charge in [0.1, 0.15) is 0 Å². The van der Waals surface area contributed by atoms with Crippen LogP contribution in [0.25, 0.3) is 16.8 Å². The molecule has 1 heteroatoms. The molecular weight excluding hydrogens is 182 g/mol. The van der Waals surface area contributed by atoms with Crippen LogP contribution in [0.2, 0.25) is 0 Å². The van der Waals surface area contributed by atoms with Gasteiger partial charge in [-0.2, -0.15) is 0 Å². The number of fused-ring (bicyclic) bond motifs is 1. The Morgan fingerprint density at radius 1 is 1.07 bits per heavy atom. The van der Waals surface area contributed by atoms with Gasteiger partial charge in [-0.15, -0.1) is 0 Å². The van der Waals surface area contributed by atoms with E-state index in [0.29, 0.717) is 0 Å². The SMILES string of the molecule is C[C@H](N)/C=C/c1ccc2ccccc2c1. The summed E-state index contributed by atoms with van der Waals surface area (Å²) >= 11 is 0. The van der Waals surface area contributed by atoms with Gasteiger partial charge in [0.05, 0.1) is 0 Å². The minimum Gasteiger partial charge on any atom is -0.325 e. The van der Waals surface area contributed by atoms with Crippen LogP contribution >= 0.6 is 0 Å². The van der Waals surface area contributed by atoms with E-state index in [1.54, 1.807) is 0 Å². The number of hydrogen-bond acceptors (Lipinski definition) is 1. The molecule has 2 N–H and O–H groups in total. The van der Waals surface area contributed by atoms with Crippen molar-refractivity contribution in [2.45, 2.75) is 13.0 Å². The molecule has 0 fully saturated rings. The Morgan fingerprint density at radius 2 is 1.80 bits per heavy atom. The van der Waals surface area contributed by atoms with Gasteiger partial charge in [-0.25, -0.2) is 0 Å². The Morgan fingerprint density at radius 3 is 2.53 bits per heavy atom. The van der Waals surface area contributed by atoms with Crippen molar-refractivity contribution in [3.05, 3.63) is 54.1 Å². The Kier molecular flexibility index (Phi) is 2.84. The maximum Gasteiger partial charge on any atom is 0.0198 e. The van der Waals surface area contributed by atoms with Crippen LogP contribution in [0.4, 0.5) is 0 Å². The minimum absolute atomic E-state index is 0.108. The number of hydrogen-bond donors (Lipinski definition) is 1. The average Bonchev–Trinajstić information content (AvgIpc) is 2.26. The molecule has 0 radical (unpaired) electrons. The van der Waals surface area contributed by atoms with Crippen molar-refractivity contribution in [1.82, 2.24) is 0 Å². The van der Waals surface area contributed by atoms with Crippen LogP contribution in [0.3, 0.4) is 0 Å². The van der Waals surface area contributed by atoms with Crippen LogP contribution < -0.4 is 5.73 Å². The van der Waals surface area contributed by atoms with Crippen molar-refractivity contribution >= 4 is 16.8 Å². The second-order valence-corrected chi connectivity index (χ2v) is 3.82. The van der Waals surface area contributed by atoms with Crippen molar-refractivity contribution in [3.63, 3.8) is 0 Å². The Balaban J connectivity index is 2.39. The summed E-state index contributed by atoms with van der Waals surface area (Å²) in [6.45, 7) is 1.97. The molecule has 0 spiro atoms. The van der Waals surface area contributed by atoms with Crippen molar-refractivity contribution in [2.24, 2.45) is 5.73 Å². The molecule has 2 aromatic rings. The molecule has 0 aliphatic heterocycles. The summed E-state index contributed by atoms with van der Waals surface area (Å²) in [5, 5.41) is 2.54. The van der Waals surface area contributed by atoms with Crippen LogP contribution in [-0.2, 0) is 0 Å². The van der Waals surface area contributed by atoms with Gasteiger partial charge in [0.2, 0.25) is 0 Å². The second kappa shape index (κ2) is 4.28. The van der Waals surface area contributed by atoms with Gasteiger partial charge >= 0.3 is 0 Å². The molecule has 2 rings (SSSR count). The monoisotopic (exact) mass is 197 g/mol. The van der Waals surface area contributed by atoms with Crippen LogP contribution in [-0.4, -0.2) is 6.04 Å². The standard InChI is InChI=1S/C14H15N/c1-11(15)6-7-12-8-9-13-4-2-3-5-14(13)10-12/h2-11H,15H2,1H3/b7-6+/t11-/m0/s1. The maximum atomic E-state index is 5.67. The van der Waals surface area contributed by atoms with E-state index in [2.05, 4.69) is 48.5 Å². The average molecular weight is 197 g/mol. The summed E-state index contributed by atoms with van der Waals surface area (Å²) in [5.41, 5.74) is 6.87. The molecule has 0 bridgehead atoms. The molecule has 0 saturated carbocycles. The highest BCUT2D eigenvalue weighted by atomic mass is 14.6. The number of rotatable bonds is 2. The zero-order chi connectivity index (χ0) is 10.7. The van der Waals surface area contributed by atoms with E-state index in [9.17, 15) is 0 Å². The molecule has 0 aliphatic rings. The first kappa shape index (κ1) is 9.94. The van der Waals surface area contributed by atoms with Crippen molar-refractivity contribution in [1.29, 1.82) is 0 Å². The van der Waals surface area contributed by atoms with E-state index in [-0.39, 0.29) is 6.04 Å². The van der Waals surface area contributed by atoms with Gasteiger partial charge in [0, 0.05) is 6.04 Å². The van der Waals surface area contributed by atoms with E-state index in [1.807, 2.05) is 13.0 Å². The lowest BCUT2D eigenvalue weighted by Crippen LogP contribution is -2.09. The summed E-state index contributed by atoms with van der Waals surface area (Å²) in [6.07, 6.45) is 4.07. The lowest BCUT2D eigenvalue weighted by Gasteiger charge is -2.00. The van der Waals surface area contributed by atoms with E-state index in [4.69, 9.17) is 5.73 Å². The normalized spacial score (nSPS) is 13.5. The van der Waals surface area contributed by atoms with Gasteiger partial charge in [-0.05, 0) is 29.3 Å². The van der Waals surface area contributed by atoms with E-state index >= 15 is 0 Å². The van der Waals surface area contributed by atoms with E-state index in [1.165, 1.54) is 16.3 Å². The fourth-order valence-electron chi connectivity index (χ4n) is 1.57. The van der Waals surface area contributed by atoms with Crippen LogP contribution in [0.15, 0.2) is 48.5 Å². The fraction of sp³-hybridized carbons (Fsp3) is 0.143. The van der Waals surface area contributed by atoms with Crippen LogP contribution in [0.5, 0.6) is 0 Å². The van der Waals surface area contributed by atoms with Gasteiger partial charge < -0.3 is 5.73 Å². The fourth-order valence-corrected chi connectivity index (χ4v) is 1.57. The van der Waals surface area contributed by atoms with Crippen molar-refractivity contribution in [3.8, 4) is 0 Å². The molecule has 0 amide bonds. The maximum absolute atomic E-state index is 5.67. The molecule has 0 unspecified atom stereocenters. The smallest absolute Gasteiger partial charge is 0.0198 e. The topological polar surface area (TPSA) is 26.0 Å². The third-order valence-electron chi connectivity index (χ3n) is 2.37. The summed E-state index contributed by atoms with van der Waals surface area (Å²) in [5.74, 6) is 0. The van der Waals surface area contributed by atoms with Crippen molar-refractivity contribution in [2.75, 3.05) is 0 Å². The molecule has 76 valence electrons. The minimum atomic E-state index is 0.108. The van der Waals surface area contributed by atoms with Gasteiger partial charge in [0.25, 0.3) is 0 Å². The highest BCUT2D eigenvalue weighted by Gasteiger charge is 1.93. The highest BCUT2D eigenvalue weighted by Crippen LogP contribution is 2.16. The van der Waals surface area contributed by atoms with E-state index < -0.39 is 0 Å². The molecular formula is C14H15N. The molecule has 1 atom stereocenters. The van der Waals surface area contributed by atoms with Crippen molar-refractivity contribution < 1.29 is 0 Å². The van der Waals surface area contributed by atoms with Gasteiger partial charge in [-0.1, -0.05) is 48.6 Å². The third kappa shape index (κ3) is 2.45. The van der Waals surface area contributed by atoms with Crippen LogP contribution in [0, 0.1) is 0 Å². The lowest BCUT2D eigenvalue weighted by atomic mass is 10.1. The Hall–Kier alpha value is -1.60. The third-order valence-corrected chi connectivity index (χ3v) is 2.37. The second-order valence-electron chi connectivity index (χ2n) is 3.82. The summed E-state index contributed by atoms with van der Waals surface area (Å²) < 4.78 is 0. The molecule has 0 heterocycles.